The Bertz CT molecular complexity index is 723. The van der Waals surface area contributed by atoms with Crippen LogP contribution in [-0.2, 0) is 11.3 Å². The molecular weight excluding hydrogens is 360 g/mol. The molecule has 1 aromatic carbocycles. The number of ether oxygens (including phenoxy) is 2. The second kappa shape index (κ2) is 8.36. The summed E-state index contributed by atoms with van der Waals surface area (Å²) >= 11 is 0. The molecule has 0 bridgehead atoms. The number of fused-ring (bicyclic) bond motifs is 1. The average molecular weight is 393 g/mol. The Balaban J connectivity index is 1.45. The second-order valence-corrected chi connectivity index (χ2v) is 8.69. The van der Waals surface area contributed by atoms with Crippen molar-refractivity contribution in [1.82, 2.24) is 10.6 Å². The van der Waals surface area contributed by atoms with Crippen molar-refractivity contribution in [2.24, 2.45) is 0 Å². The van der Waals surface area contributed by atoms with E-state index in [9.17, 15) is 9.59 Å². The fourth-order valence-corrected chi connectivity index (χ4v) is 3.65. The number of rotatable bonds is 4. The summed E-state index contributed by atoms with van der Waals surface area (Å²) in [7, 11) is 0. The molecule has 1 fully saturated rings. The topological polar surface area (TPSA) is 85.5 Å². The van der Waals surface area contributed by atoms with Gasteiger partial charge >= 0.3 is 6.03 Å². The van der Waals surface area contributed by atoms with E-state index in [0.29, 0.717) is 6.79 Å². The summed E-state index contributed by atoms with van der Waals surface area (Å²) in [6, 6.07) is 5.42. The lowest BCUT2D eigenvalue weighted by molar-refractivity contribution is -1.02. The third-order valence-electron chi connectivity index (χ3n) is 5.22. The van der Waals surface area contributed by atoms with E-state index in [4.69, 9.17) is 9.47 Å². The van der Waals surface area contributed by atoms with Crippen LogP contribution in [0.25, 0.3) is 0 Å². The number of nitrogens with one attached hydrogen (secondary N) is 4. The van der Waals surface area contributed by atoms with Crippen LogP contribution in [0.4, 0.5) is 4.79 Å². The predicted molar refractivity (Wildman–Crippen MR) is 104 cm³/mol. The molecule has 0 radical (unpaired) electrons. The smallest absolute Gasteiger partial charge is 0.322 e. The maximum atomic E-state index is 12.4. The zero-order chi connectivity index (χ0) is 20.3. The maximum absolute atomic E-state index is 12.4. The van der Waals surface area contributed by atoms with Crippen LogP contribution in [0.5, 0.6) is 11.5 Å². The summed E-state index contributed by atoms with van der Waals surface area (Å²) in [6.45, 7) is 12.5. The largest absolute Gasteiger partial charge is 0.454 e. The number of urea groups is 1. The van der Waals surface area contributed by atoms with Crippen LogP contribution in [0.2, 0.25) is 0 Å². The van der Waals surface area contributed by atoms with Gasteiger partial charge in [0.1, 0.15) is 32.7 Å². The Morgan fingerprint density at radius 3 is 2.46 bits per heavy atom. The van der Waals surface area contributed by atoms with E-state index in [1.165, 1.54) is 15.4 Å². The SMILES string of the molecule is C[C@@H](C(=O)NC(=O)NC(C)(C)C)[NH+]1CC[NH+](Cc2ccc3c(c2)OCO3)CC1. The number of hydrogen-bond donors (Lipinski definition) is 4. The Kier molecular flexibility index (Phi) is 6.10. The molecule has 3 rings (SSSR count). The molecule has 1 saturated heterocycles. The van der Waals surface area contributed by atoms with Gasteiger partial charge in [0.2, 0.25) is 6.79 Å². The Labute approximate surface area is 166 Å². The van der Waals surface area contributed by atoms with Crippen molar-refractivity contribution in [3.63, 3.8) is 0 Å². The van der Waals surface area contributed by atoms with Crippen molar-refractivity contribution in [1.29, 1.82) is 0 Å². The first-order valence-electron chi connectivity index (χ1n) is 9.91. The van der Waals surface area contributed by atoms with E-state index in [1.807, 2.05) is 33.8 Å². The van der Waals surface area contributed by atoms with Gasteiger partial charge in [0.15, 0.2) is 17.5 Å². The zero-order valence-electron chi connectivity index (χ0n) is 17.2. The molecule has 2 heterocycles. The molecule has 0 aromatic heterocycles. The first-order valence-corrected chi connectivity index (χ1v) is 9.91. The molecule has 3 amide bonds. The molecule has 154 valence electrons. The predicted octanol–water partition coefficient (Wildman–Crippen LogP) is -1.29. The minimum atomic E-state index is -0.434. The molecule has 8 nitrogen and oxygen atoms in total. The van der Waals surface area contributed by atoms with Crippen LogP contribution in [0, 0.1) is 0 Å². The minimum Gasteiger partial charge on any atom is -0.454 e. The van der Waals surface area contributed by atoms with Gasteiger partial charge in [0.05, 0.1) is 0 Å². The van der Waals surface area contributed by atoms with Gasteiger partial charge in [0, 0.05) is 11.1 Å². The monoisotopic (exact) mass is 392 g/mol. The highest BCUT2D eigenvalue weighted by Crippen LogP contribution is 2.32. The molecule has 1 atom stereocenters. The van der Waals surface area contributed by atoms with E-state index in [-0.39, 0.29) is 17.5 Å². The Hall–Kier alpha value is -2.32. The van der Waals surface area contributed by atoms with Crippen LogP contribution in [0.15, 0.2) is 18.2 Å². The molecule has 0 spiro atoms. The van der Waals surface area contributed by atoms with Crippen molar-refractivity contribution < 1.29 is 28.9 Å². The van der Waals surface area contributed by atoms with Gasteiger partial charge in [-0.3, -0.25) is 10.1 Å². The number of hydrogen-bond acceptors (Lipinski definition) is 4. The summed E-state index contributed by atoms with van der Waals surface area (Å²) in [5.74, 6) is 1.40. The van der Waals surface area contributed by atoms with Gasteiger partial charge in [-0.15, -0.1) is 0 Å². The van der Waals surface area contributed by atoms with E-state index >= 15 is 0 Å². The van der Waals surface area contributed by atoms with Crippen molar-refractivity contribution in [2.75, 3.05) is 33.0 Å². The lowest BCUT2D eigenvalue weighted by atomic mass is 10.1. The van der Waals surface area contributed by atoms with Gasteiger partial charge in [-0.1, -0.05) is 0 Å². The normalized spacial score (nSPS) is 22.4. The molecule has 0 unspecified atom stereocenters. The van der Waals surface area contributed by atoms with Crippen molar-refractivity contribution in [3.8, 4) is 11.5 Å². The second-order valence-electron chi connectivity index (χ2n) is 8.69. The van der Waals surface area contributed by atoms with E-state index in [2.05, 4.69) is 22.8 Å². The van der Waals surface area contributed by atoms with Gasteiger partial charge in [-0.25, -0.2) is 4.79 Å². The van der Waals surface area contributed by atoms with Crippen molar-refractivity contribution >= 4 is 11.9 Å². The zero-order valence-corrected chi connectivity index (χ0v) is 17.2. The van der Waals surface area contributed by atoms with Crippen LogP contribution < -0.4 is 29.9 Å². The molecule has 28 heavy (non-hydrogen) atoms. The highest BCUT2D eigenvalue weighted by molar-refractivity contribution is 5.96. The molecule has 4 N–H and O–H groups in total. The molecule has 2 aliphatic heterocycles. The molecule has 0 aliphatic carbocycles. The lowest BCUT2D eigenvalue weighted by Crippen LogP contribution is -3.29. The average Bonchev–Trinajstić information content (AvgIpc) is 3.08. The third kappa shape index (κ3) is 5.36. The van der Waals surface area contributed by atoms with E-state index in [0.717, 1.165) is 44.2 Å². The summed E-state index contributed by atoms with van der Waals surface area (Å²) < 4.78 is 10.8. The van der Waals surface area contributed by atoms with Crippen LogP contribution in [0.3, 0.4) is 0 Å². The van der Waals surface area contributed by atoms with Crippen molar-refractivity contribution in [2.45, 2.75) is 45.8 Å². The van der Waals surface area contributed by atoms with E-state index in [1.54, 1.807) is 0 Å². The quantitative estimate of drug-likeness (QED) is 0.514. The number of piperazine rings is 1. The summed E-state index contributed by atoms with van der Waals surface area (Å²) in [5, 5.41) is 5.22. The standard InChI is InChI=1S/C20H30N4O4/c1-14(18(25)21-19(26)22-20(2,3)4)24-9-7-23(8-10-24)12-15-5-6-16-17(11-15)28-13-27-16/h5-6,11,14H,7-10,12-13H2,1-4H3,(H2,21,22,25,26)/p+2/t14-/m0/s1. The maximum Gasteiger partial charge on any atom is 0.322 e. The molecule has 1 aromatic rings. The third-order valence-corrected chi connectivity index (χ3v) is 5.22. The molecule has 2 aliphatic rings. The first kappa shape index (κ1) is 20.4. The molecule has 0 saturated carbocycles. The lowest BCUT2D eigenvalue weighted by Gasteiger charge is -2.32. The van der Waals surface area contributed by atoms with E-state index < -0.39 is 6.03 Å². The highest BCUT2D eigenvalue weighted by Gasteiger charge is 2.32. The fourth-order valence-electron chi connectivity index (χ4n) is 3.65. The number of carbonyl (C=O) groups is 2. The first-order chi connectivity index (χ1) is 13.2. The van der Waals surface area contributed by atoms with Crippen LogP contribution in [-0.4, -0.2) is 56.5 Å². The number of imide groups is 1. The number of quaternary nitrogens is 2. The minimum absolute atomic E-state index is 0.226. The molecule has 8 heteroatoms. The Morgan fingerprint density at radius 1 is 1.11 bits per heavy atom. The summed E-state index contributed by atoms with van der Waals surface area (Å²) in [5.41, 5.74) is 0.858. The van der Waals surface area contributed by atoms with Crippen LogP contribution >= 0.6 is 0 Å². The summed E-state index contributed by atoms with van der Waals surface area (Å²) in [6.07, 6.45) is 0. The summed E-state index contributed by atoms with van der Waals surface area (Å²) in [4.78, 5) is 27.0. The number of benzene rings is 1. The van der Waals surface area contributed by atoms with Crippen molar-refractivity contribution in [3.05, 3.63) is 23.8 Å². The van der Waals surface area contributed by atoms with Gasteiger partial charge in [0.25, 0.3) is 5.91 Å². The number of amides is 3. The van der Waals surface area contributed by atoms with Gasteiger partial charge in [-0.2, -0.15) is 0 Å². The number of carbonyl (C=O) groups excluding carboxylic acids is 2. The van der Waals surface area contributed by atoms with Gasteiger partial charge < -0.3 is 24.6 Å². The van der Waals surface area contributed by atoms with Crippen LogP contribution in [0.1, 0.15) is 33.3 Å². The highest BCUT2D eigenvalue weighted by atomic mass is 16.7. The molecular formula is C20H32N4O4+2. The fraction of sp³-hybridized carbons (Fsp3) is 0.600. The van der Waals surface area contributed by atoms with Gasteiger partial charge in [-0.05, 0) is 45.9 Å². The Morgan fingerprint density at radius 2 is 1.79 bits per heavy atom.